The minimum Gasteiger partial charge on any atom is -0.384 e. The summed E-state index contributed by atoms with van der Waals surface area (Å²) in [4.78, 5) is 12.2. The Hall–Kier alpha value is -1.94. The van der Waals surface area contributed by atoms with Gasteiger partial charge in [-0.15, -0.1) is 0 Å². The summed E-state index contributed by atoms with van der Waals surface area (Å²) in [6.07, 6.45) is 2.60. The third kappa shape index (κ3) is 1.76. The maximum atomic E-state index is 5.05. The molecule has 1 N–H and O–H groups in total. The first-order valence-corrected chi connectivity index (χ1v) is 5.60. The molecule has 0 saturated carbocycles. The molecule has 2 aromatic heterocycles. The Labute approximate surface area is 98.7 Å². The first-order chi connectivity index (χ1) is 8.38. The van der Waals surface area contributed by atoms with E-state index in [1.165, 1.54) is 0 Å². The quantitative estimate of drug-likeness (QED) is 0.747. The van der Waals surface area contributed by atoms with Gasteiger partial charge in [-0.05, 0) is 6.07 Å². The minimum absolute atomic E-state index is 0.672. The van der Waals surface area contributed by atoms with Crippen LogP contribution in [0.3, 0.4) is 0 Å². The number of pyridine rings is 1. The third-order valence-corrected chi connectivity index (χ3v) is 2.82. The molecule has 4 nitrogen and oxygen atoms in total. The van der Waals surface area contributed by atoms with Crippen molar-refractivity contribution in [3.63, 3.8) is 0 Å². The van der Waals surface area contributed by atoms with Gasteiger partial charge in [0.1, 0.15) is 11.3 Å². The van der Waals surface area contributed by atoms with Crippen LogP contribution in [-0.4, -0.2) is 28.7 Å². The lowest BCUT2D eigenvalue weighted by atomic mass is 10.2. The molecule has 0 spiro atoms. The number of ether oxygens (including phenoxy) is 1. The number of para-hydroxylation sites is 1. The molecule has 0 unspecified atom stereocenters. The molecule has 86 valence electrons. The summed E-state index contributed by atoms with van der Waals surface area (Å²) in [5, 5.41) is 1.11. The fourth-order valence-electron chi connectivity index (χ4n) is 1.98. The van der Waals surface area contributed by atoms with Crippen LogP contribution in [0.4, 0.5) is 0 Å². The van der Waals surface area contributed by atoms with Crippen molar-refractivity contribution in [2.75, 3.05) is 13.7 Å². The number of hydrogen-bond acceptors (Lipinski definition) is 3. The summed E-state index contributed by atoms with van der Waals surface area (Å²) >= 11 is 0. The van der Waals surface area contributed by atoms with Gasteiger partial charge in [0, 0.05) is 18.9 Å². The predicted molar refractivity (Wildman–Crippen MR) is 67.0 cm³/mol. The second-order valence-corrected chi connectivity index (χ2v) is 3.96. The molecule has 1 aromatic carbocycles. The molecule has 0 aliphatic carbocycles. The molecular formula is C13H13N3O. The standard InChI is InChI=1S/C13H13N3O/c1-17-7-6-12-15-11-8-14-10-5-3-2-4-9(10)13(11)16-12/h2-5,8H,6-7H2,1H3,(H,15,16). The van der Waals surface area contributed by atoms with Crippen LogP contribution in [-0.2, 0) is 11.2 Å². The summed E-state index contributed by atoms with van der Waals surface area (Å²) < 4.78 is 5.05. The van der Waals surface area contributed by atoms with Crippen LogP contribution in [0.25, 0.3) is 21.9 Å². The van der Waals surface area contributed by atoms with E-state index < -0.39 is 0 Å². The highest BCUT2D eigenvalue weighted by Gasteiger charge is 2.06. The van der Waals surface area contributed by atoms with Gasteiger partial charge in [-0.25, -0.2) is 4.98 Å². The number of nitrogens with zero attached hydrogens (tertiary/aromatic N) is 2. The molecule has 0 aliphatic heterocycles. The first kappa shape index (κ1) is 10.2. The van der Waals surface area contributed by atoms with Gasteiger partial charge < -0.3 is 9.72 Å². The Morgan fingerprint density at radius 1 is 1.24 bits per heavy atom. The van der Waals surface area contributed by atoms with Crippen molar-refractivity contribution < 1.29 is 4.74 Å². The SMILES string of the molecule is COCCc1nc2cnc3ccccc3c2[nH]1. The van der Waals surface area contributed by atoms with E-state index in [1.807, 2.05) is 24.4 Å². The van der Waals surface area contributed by atoms with E-state index in [0.29, 0.717) is 6.61 Å². The lowest BCUT2D eigenvalue weighted by Gasteiger charge is -1.96. The van der Waals surface area contributed by atoms with Crippen LogP contribution in [0.5, 0.6) is 0 Å². The second kappa shape index (κ2) is 4.14. The van der Waals surface area contributed by atoms with Crippen LogP contribution < -0.4 is 0 Å². The fraction of sp³-hybridized carbons (Fsp3) is 0.231. The second-order valence-electron chi connectivity index (χ2n) is 3.96. The van der Waals surface area contributed by atoms with Crippen molar-refractivity contribution >= 4 is 21.9 Å². The Balaban J connectivity index is 2.17. The Morgan fingerprint density at radius 2 is 2.12 bits per heavy atom. The molecule has 0 fully saturated rings. The summed E-state index contributed by atoms with van der Waals surface area (Å²) in [6.45, 7) is 0.672. The predicted octanol–water partition coefficient (Wildman–Crippen LogP) is 2.30. The van der Waals surface area contributed by atoms with Crippen LogP contribution >= 0.6 is 0 Å². The van der Waals surface area contributed by atoms with Gasteiger partial charge in [-0.2, -0.15) is 0 Å². The molecule has 0 radical (unpaired) electrons. The third-order valence-electron chi connectivity index (χ3n) is 2.82. The minimum atomic E-state index is 0.672. The largest absolute Gasteiger partial charge is 0.384 e. The van der Waals surface area contributed by atoms with E-state index in [2.05, 4.69) is 21.0 Å². The average molecular weight is 227 g/mol. The summed E-state index contributed by atoms with van der Waals surface area (Å²) in [5.41, 5.74) is 2.96. The highest BCUT2D eigenvalue weighted by Crippen LogP contribution is 2.21. The Morgan fingerprint density at radius 3 is 3.00 bits per heavy atom. The van der Waals surface area contributed by atoms with Crippen molar-refractivity contribution in [3.05, 3.63) is 36.3 Å². The molecule has 0 amide bonds. The molecule has 4 heteroatoms. The number of aromatic amines is 1. The average Bonchev–Trinajstić information content (AvgIpc) is 2.79. The number of rotatable bonds is 3. The van der Waals surface area contributed by atoms with E-state index >= 15 is 0 Å². The highest BCUT2D eigenvalue weighted by molar-refractivity contribution is 6.01. The molecule has 3 rings (SSSR count). The van der Waals surface area contributed by atoms with Crippen molar-refractivity contribution in [2.24, 2.45) is 0 Å². The van der Waals surface area contributed by atoms with Crippen molar-refractivity contribution in [1.29, 1.82) is 0 Å². The Bertz CT molecular complexity index is 660. The smallest absolute Gasteiger partial charge is 0.109 e. The zero-order valence-corrected chi connectivity index (χ0v) is 9.60. The number of imidazole rings is 1. The van der Waals surface area contributed by atoms with Crippen LogP contribution in [0.15, 0.2) is 30.5 Å². The van der Waals surface area contributed by atoms with Gasteiger partial charge in [0.15, 0.2) is 0 Å². The zero-order valence-electron chi connectivity index (χ0n) is 9.60. The maximum Gasteiger partial charge on any atom is 0.109 e. The van der Waals surface area contributed by atoms with E-state index in [1.54, 1.807) is 7.11 Å². The molecular weight excluding hydrogens is 214 g/mol. The van der Waals surface area contributed by atoms with Gasteiger partial charge in [0.25, 0.3) is 0 Å². The van der Waals surface area contributed by atoms with E-state index in [0.717, 1.165) is 34.2 Å². The molecule has 3 aromatic rings. The number of benzene rings is 1. The zero-order chi connectivity index (χ0) is 11.7. The lowest BCUT2D eigenvalue weighted by Crippen LogP contribution is -1.95. The summed E-state index contributed by atoms with van der Waals surface area (Å²) in [7, 11) is 1.69. The van der Waals surface area contributed by atoms with Gasteiger partial charge in [-0.3, -0.25) is 4.98 Å². The topological polar surface area (TPSA) is 50.8 Å². The van der Waals surface area contributed by atoms with Crippen molar-refractivity contribution in [1.82, 2.24) is 15.0 Å². The Kier molecular flexibility index (Phi) is 2.49. The summed E-state index contributed by atoms with van der Waals surface area (Å²) in [5.74, 6) is 0.944. The highest BCUT2D eigenvalue weighted by atomic mass is 16.5. The number of nitrogens with one attached hydrogen (secondary N) is 1. The van der Waals surface area contributed by atoms with Crippen molar-refractivity contribution in [2.45, 2.75) is 6.42 Å². The van der Waals surface area contributed by atoms with Crippen molar-refractivity contribution in [3.8, 4) is 0 Å². The summed E-state index contributed by atoms with van der Waals surface area (Å²) in [6, 6.07) is 8.07. The van der Waals surface area contributed by atoms with Gasteiger partial charge in [0.05, 0.1) is 23.8 Å². The molecule has 2 heterocycles. The molecule has 0 atom stereocenters. The lowest BCUT2D eigenvalue weighted by molar-refractivity contribution is 0.201. The van der Waals surface area contributed by atoms with E-state index in [-0.39, 0.29) is 0 Å². The van der Waals surface area contributed by atoms with Crippen LogP contribution in [0.1, 0.15) is 5.82 Å². The normalized spacial score (nSPS) is 11.4. The number of methoxy groups -OCH3 is 1. The maximum absolute atomic E-state index is 5.05. The van der Waals surface area contributed by atoms with Gasteiger partial charge in [-0.1, -0.05) is 18.2 Å². The van der Waals surface area contributed by atoms with Gasteiger partial charge >= 0.3 is 0 Å². The van der Waals surface area contributed by atoms with Crippen LogP contribution in [0, 0.1) is 0 Å². The van der Waals surface area contributed by atoms with Gasteiger partial charge in [0.2, 0.25) is 0 Å². The fourth-order valence-corrected chi connectivity index (χ4v) is 1.98. The molecule has 0 bridgehead atoms. The number of aromatic nitrogens is 3. The number of hydrogen-bond donors (Lipinski definition) is 1. The molecule has 0 aliphatic rings. The van der Waals surface area contributed by atoms with Crippen LogP contribution in [0.2, 0.25) is 0 Å². The van der Waals surface area contributed by atoms with E-state index in [9.17, 15) is 0 Å². The first-order valence-electron chi connectivity index (χ1n) is 5.60. The number of H-pyrrole nitrogens is 1. The monoisotopic (exact) mass is 227 g/mol. The molecule has 17 heavy (non-hydrogen) atoms. The molecule has 0 saturated heterocycles. The number of fused-ring (bicyclic) bond motifs is 3. The van der Waals surface area contributed by atoms with E-state index in [4.69, 9.17) is 4.74 Å².